The van der Waals surface area contributed by atoms with Crippen LogP contribution in [-0.4, -0.2) is 26.2 Å². The molecule has 0 spiro atoms. The Kier molecular flexibility index (Phi) is 5.47. The van der Waals surface area contributed by atoms with Crippen LogP contribution < -0.4 is 10.6 Å². The Hall–Kier alpha value is -3.11. The molecule has 0 fully saturated rings. The normalized spacial score (nSPS) is 21.4. The van der Waals surface area contributed by atoms with Crippen LogP contribution in [0.25, 0.3) is 10.8 Å². The number of allylic oxidation sites excluding steroid dienone is 2. The minimum absolute atomic E-state index is 0.0295. The third-order valence-electron chi connectivity index (χ3n) is 6.58. The fourth-order valence-electron chi connectivity index (χ4n) is 5.06. The van der Waals surface area contributed by atoms with E-state index in [0.717, 1.165) is 24.1 Å². The van der Waals surface area contributed by atoms with Crippen molar-refractivity contribution in [1.82, 2.24) is 5.32 Å². The van der Waals surface area contributed by atoms with E-state index in [1.54, 1.807) is 7.11 Å². The van der Waals surface area contributed by atoms with E-state index in [9.17, 15) is 4.79 Å². The minimum Gasteiger partial charge on any atom is -0.385 e. The van der Waals surface area contributed by atoms with Crippen LogP contribution in [0.2, 0.25) is 0 Å². The molecule has 0 bridgehead atoms. The van der Waals surface area contributed by atoms with Gasteiger partial charge in [-0.05, 0) is 52.8 Å². The van der Waals surface area contributed by atoms with E-state index < -0.39 is 0 Å². The summed E-state index contributed by atoms with van der Waals surface area (Å²) in [6.07, 6.45) is 6.45. The number of carbonyl (C=O) groups is 1. The predicted molar refractivity (Wildman–Crippen MR) is 126 cm³/mol. The molecule has 0 radical (unpaired) electrons. The van der Waals surface area contributed by atoms with Gasteiger partial charge in [-0.3, -0.25) is 4.79 Å². The lowest BCUT2D eigenvalue weighted by Crippen LogP contribution is -2.32. The second kappa shape index (κ2) is 8.56. The van der Waals surface area contributed by atoms with Crippen LogP contribution in [-0.2, 0) is 4.74 Å². The molecule has 5 rings (SSSR count). The van der Waals surface area contributed by atoms with Gasteiger partial charge in [0.25, 0.3) is 5.91 Å². The van der Waals surface area contributed by atoms with Gasteiger partial charge in [0.05, 0.1) is 17.3 Å². The molecule has 0 aromatic heterocycles. The Bertz CT molecular complexity index is 1140. The molecular weight excluding hydrogens is 384 g/mol. The molecule has 2 aliphatic rings. The lowest BCUT2D eigenvalue weighted by molar-refractivity contribution is 0.0949. The zero-order chi connectivity index (χ0) is 21.2. The molecule has 0 saturated carbocycles. The SMILES string of the molecule is COCCCNC(=O)c1cccc2c1NC(c1ccc3ccccc3c1)C1CC=CC21. The number of benzene rings is 3. The van der Waals surface area contributed by atoms with E-state index in [2.05, 4.69) is 71.3 Å². The molecule has 3 aromatic rings. The Morgan fingerprint density at radius 1 is 1.10 bits per heavy atom. The number of para-hydroxylation sites is 1. The van der Waals surface area contributed by atoms with Crippen molar-refractivity contribution in [2.75, 3.05) is 25.6 Å². The number of hydrogen-bond donors (Lipinski definition) is 2. The lowest BCUT2D eigenvalue weighted by atomic mass is 9.76. The fourth-order valence-corrected chi connectivity index (χ4v) is 5.06. The van der Waals surface area contributed by atoms with Crippen molar-refractivity contribution in [2.45, 2.75) is 24.8 Å². The third-order valence-corrected chi connectivity index (χ3v) is 6.58. The van der Waals surface area contributed by atoms with Gasteiger partial charge in [0.2, 0.25) is 0 Å². The molecular formula is C27H28N2O2. The lowest BCUT2D eigenvalue weighted by Gasteiger charge is -2.38. The number of fused-ring (bicyclic) bond motifs is 4. The average molecular weight is 413 g/mol. The zero-order valence-corrected chi connectivity index (χ0v) is 17.8. The highest BCUT2D eigenvalue weighted by Crippen LogP contribution is 2.50. The maximum atomic E-state index is 13.0. The van der Waals surface area contributed by atoms with Crippen LogP contribution in [0, 0.1) is 5.92 Å². The number of anilines is 1. The Morgan fingerprint density at radius 2 is 1.97 bits per heavy atom. The van der Waals surface area contributed by atoms with E-state index in [4.69, 9.17) is 4.74 Å². The number of nitrogens with one attached hydrogen (secondary N) is 2. The first-order valence-corrected chi connectivity index (χ1v) is 11.1. The highest BCUT2D eigenvalue weighted by Gasteiger charge is 2.39. The quantitative estimate of drug-likeness (QED) is 0.419. The van der Waals surface area contributed by atoms with Crippen molar-refractivity contribution in [2.24, 2.45) is 5.92 Å². The number of carbonyl (C=O) groups excluding carboxylic acids is 1. The van der Waals surface area contributed by atoms with Crippen LogP contribution >= 0.6 is 0 Å². The summed E-state index contributed by atoms with van der Waals surface area (Å²) in [4.78, 5) is 13.0. The van der Waals surface area contributed by atoms with E-state index in [-0.39, 0.29) is 11.9 Å². The van der Waals surface area contributed by atoms with E-state index in [1.165, 1.54) is 21.9 Å². The molecule has 158 valence electrons. The van der Waals surface area contributed by atoms with Gasteiger partial charge in [0, 0.05) is 26.2 Å². The molecule has 4 nitrogen and oxygen atoms in total. The highest BCUT2D eigenvalue weighted by atomic mass is 16.5. The van der Waals surface area contributed by atoms with Crippen LogP contribution in [0.3, 0.4) is 0 Å². The van der Waals surface area contributed by atoms with Gasteiger partial charge in [-0.15, -0.1) is 0 Å². The van der Waals surface area contributed by atoms with Crippen molar-refractivity contribution < 1.29 is 9.53 Å². The summed E-state index contributed by atoms with van der Waals surface area (Å²) < 4.78 is 5.09. The number of amides is 1. The van der Waals surface area contributed by atoms with E-state index in [1.807, 2.05) is 12.1 Å². The summed E-state index contributed by atoms with van der Waals surface area (Å²) in [5, 5.41) is 9.32. The fraction of sp³-hybridized carbons (Fsp3) is 0.296. The first kappa shape index (κ1) is 19.8. The molecule has 0 saturated heterocycles. The summed E-state index contributed by atoms with van der Waals surface area (Å²) in [5.41, 5.74) is 4.19. The largest absolute Gasteiger partial charge is 0.385 e. The molecule has 3 unspecified atom stereocenters. The molecule has 31 heavy (non-hydrogen) atoms. The molecule has 4 heteroatoms. The van der Waals surface area contributed by atoms with Crippen molar-refractivity contribution in [3.05, 3.63) is 89.5 Å². The van der Waals surface area contributed by atoms with Gasteiger partial charge in [-0.25, -0.2) is 0 Å². The first-order valence-electron chi connectivity index (χ1n) is 11.1. The maximum absolute atomic E-state index is 13.0. The molecule has 2 N–H and O–H groups in total. The van der Waals surface area contributed by atoms with Crippen molar-refractivity contribution >= 4 is 22.4 Å². The molecule has 3 aromatic carbocycles. The summed E-state index contributed by atoms with van der Waals surface area (Å²) >= 11 is 0. The first-order chi connectivity index (χ1) is 15.3. The van der Waals surface area contributed by atoms with Gasteiger partial charge in [0.1, 0.15) is 0 Å². The molecule has 1 amide bonds. The van der Waals surface area contributed by atoms with E-state index >= 15 is 0 Å². The summed E-state index contributed by atoms with van der Waals surface area (Å²) in [6, 6.07) is 21.5. The molecule has 1 heterocycles. The van der Waals surface area contributed by atoms with Gasteiger partial charge in [0.15, 0.2) is 0 Å². The minimum atomic E-state index is -0.0295. The van der Waals surface area contributed by atoms with Gasteiger partial charge < -0.3 is 15.4 Å². The van der Waals surface area contributed by atoms with Crippen LogP contribution in [0.4, 0.5) is 5.69 Å². The topological polar surface area (TPSA) is 50.4 Å². The number of methoxy groups -OCH3 is 1. The second-order valence-corrected chi connectivity index (χ2v) is 8.45. The predicted octanol–water partition coefficient (Wildman–Crippen LogP) is 5.43. The smallest absolute Gasteiger partial charge is 0.253 e. The van der Waals surface area contributed by atoms with Crippen LogP contribution in [0.5, 0.6) is 0 Å². The van der Waals surface area contributed by atoms with Crippen LogP contribution in [0.1, 0.15) is 46.3 Å². The summed E-state index contributed by atoms with van der Waals surface area (Å²) in [5.74, 6) is 0.751. The molecule has 3 atom stereocenters. The summed E-state index contributed by atoms with van der Waals surface area (Å²) in [7, 11) is 1.68. The van der Waals surface area contributed by atoms with Crippen molar-refractivity contribution in [3.63, 3.8) is 0 Å². The Morgan fingerprint density at radius 3 is 2.84 bits per heavy atom. The number of hydrogen-bond acceptors (Lipinski definition) is 3. The number of ether oxygens (including phenoxy) is 1. The Balaban J connectivity index is 1.49. The monoisotopic (exact) mass is 412 g/mol. The highest BCUT2D eigenvalue weighted by molar-refractivity contribution is 6.00. The molecule has 1 aliphatic carbocycles. The van der Waals surface area contributed by atoms with Crippen LogP contribution in [0.15, 0.2) is 72.8 Å². The van der Waals surface area contributed by atoms with Gasteiger partial charge >= 0.3 is 0 Å². The average Bonchev–Trinajstić information content (AvgIpc) is 3.31. The Labute approximate surface area is 183 Å². The van der Waals surface area contributed by atoms with Crippen molar-refractivity contribution in [3.8, 4) is 0 Å². The number of rotatable bonds is 6. The summed E-state index contributed by atoms with van der Waals surface area (Å²) in [6.45, 7) is 1.25. The van der Waals surface area contributed by atoms with E-state index in [0.29, 0.717) is 25.0 Å². The van der Waals surface area contributed by atoms with Gasteiger partial charge in [-0.1, -0.05) is 60.7 Å². The third kappa shape index (κ3) is 3.72. The maximum Gasteiger partial charge on any atom is 0.253 e. The van der Waals surface area contributed by atoms with Crippen molar-refractivity contribution in [1.29, 1.82) is 0 Å². The zero-order valence-electron chi connectivity index (χ0n) is 17.8. The standard InChI is InChI=1S/C27H28N2O2/c1-31-16-6-15-28-27(30)24-12-5-11-23-21-9-4-10-22(21)25(29-26(23)24)20-14-13-18-7-2-3-8-19(18)17-20/h2-5,7-9,11-14,17,21-22,25,29H,6,10,15-16H2,1H3,(H,28,30). The van der Waals surface area contributed by atoms with Gasteiger partial charge in [-0.2, -0.15) is 0 Å². The second-order valence-electron chi connectivity index (χ2n) is 8.45. The molecule has 1 aliphatic heterocycles.